The van der Waals surface area contributed by atoms with Crippen LogP contribution in [0.25, 0.3) is 0 Å². The lowest BCUT2D eigenvalue weighted by molar-refractivity contribution is 0.155. The van der Waals surface area contributed by atoms with E-state index in [0.29, 0.717) is 12.0 Å². The number of ether oxygens (including phenoxy) is 2. The highest BCUT2D eigenvalue weighted by molar-refractivity contribution is 5.39. The Kier molecular flexibility index (Phi) is 3.80. The summed E-state index contributed by atoms with van der Waals surface area (Å²) in [5.41, 5.74) is 1.27. The Morgan fingerprint density at radius 1 is 1.50 bits per heavy atom. The van der Waals surface area contributed by atoms with Crippen LogP contribution in [0.3, 0.4) is 0 Å². The van der Waals surface area contributed by atoms with Crippen LogP contribution < -0.4 is 10.1 Å². The van der Waals surface area contributed by atoms with Gasteiger partial charge in [0.2, 0.25) is 0 Å². The van der Waals surface area contributed by atoms with Crippen molar-refractivity contribution in [3.63, 3.8) is 0 Å². The highest BCUT2D eigenvalue weighted by atomic mass is 16.5. The number of rotatable bonds is 5. The maximum atomic E-state index is 5.61. The Bertz CT molecular complexity index is 340. The molecule has 1 aromatic carbocycles. The summed E-state index contributed by atoms with van der Waals surface area (Å²) in [6.45, 7) is 4.66. The number of hydrogen-bond donors (Lipinski definition) is 1. The highest BCUT2D eigenvalue weighted by Gasteiger charge is 2.23. The van der Waals surface area contributed by atoms with Gasteiger partial charge in [-0.15, -0.1) is 0 Å². The minimum Gasteiger partial charge on any atom is -0.491 e. The molecule has 1 N–H and O–H groups in total. The van der Waals surface area contributed by atoms with E-state index in [9.17, 15) is 0 Å². The predicted molar refractivity (Wildman–Crippen MR) is 63.7 cm³/mol. The first-order valence-corrected chi connectivity index (χ1v) is 5.75. The normalized spacial score (nSPS) is 20.2. The van der Waals surface area contributed by atoms with Crippen LogP contribution in [0.4, 0.5) is 0 Å². The SMILES string of the molecule is COCC(C)CNC1COc2ccccc21. The molecule has 2 atom stereocenters. The van der Waals surface area contributed by atoms with E-state index >= 15 is 0 Å². The average Bonchev–Trinajstić information content (AvgIpc) is 2.70. The van der Waals surface area contributed by atoms with Gasteiger partial charge in [-0.25, -0.2) is 0 Å². The van der Waals surface area contributed by atoms with Crippen LogP contribution in [0, 0.1) is 5.92 Å². The quantitative estimate of drug-likeness (QED) is 0.825. The minimum absolute atomic E-state index is 0.329. The van der Waals surface area contributed by atoms with Crippen LogP contribution in [-0.4, -0.2) is 26.9 Å². The molecular formula is C13H19NO2. The molecule has 2 rings (SSSR count). The Balaban J connectivity index is 1.88. The van der Waals surface area contributed by atoms with Crippen molar-refractivity contribution in [2.45, 2.75) is 13.0 Å². The van der Waals surface area contributed by atoms with Gasteiger partial charge < -0.3 is 14.8 Å². The lowest BCUT2D eigenvalue weighted by Gasteiger charge is -2.15. The van der Waals surface area contributed by atoms with Crippen LogP contribution in [-0.2, 0) is 4.74 Å². The Morgan fingerprint density at radius 2 is 2.31 bits per heavy atom. The number of benzene rings is 1. The van der Waals surface area contributed by atoms with Gasteiger partial charge in [0.1, 0.15) is 12.4 Å². The number of methoxy groups -OCH3 is 1. The molecule has 0 spiro atoms. The van der Waals surface area contributed by atoms with Crippen molar-refractivity contribution >= 4 is 0 Å². The number of fused-ring (bicyclic) bond motifs is 1. The van der Waals surface area contributed by atoms with E-state index < -0.39 is 0 Å². The molecule has 0 saturated carbocycles. The van der Waals surface area contributed by atoms with Crippen molar-refractivity contribution in [3.8, 4) is 5.75 Å². The van der Waals surface area contributed by atoms with Gasteiger partial charge in [-0.05, 0) is 12.0 Å². The Morgan fingerprint density at radius 3 is 3.12 bits per heavy atom. The second-order valence-electron chi connectivity index (χ2n) is 4.37. The molecule has 0 bridgehead atoms. The first kappa shape index (κ1) is 11.4. The summed E-state index contributed by atoms with van der Waals surface area (Å²) in [7, 11) is 1.74. The standard InChI is InChI=1S/C13H19NO2/c1-10(8-15-2)7-14-12-9-16-13-6-4-3-5-11(12)13/h3-6,10,12,14H,7-9H2,1-2H3. The van der Waals surface area contributed by atoms with Gasteiger partial charge in [0.25, 0.3) is 0 Å². The maximum absolute atomic E-state index is 5.61. The predicted octanol–water partition coefficient (Wildman–Crippen LogP) is 1.99. The molecule has 0 aliphatic carbocycles. The molecule has 1 aromatic rings. The highest BCUT2D eigenvalue weighted by Crippen LogP contribution is 2.31. The molecule has 0 aromatic heterocycles. The molecule has 3 nitrogen and oxygen atoms in total. The number of para-hydroxylation sites is 1. The summed E-state index contributed by atoms with van der Waals surface area (Å²) in [6.07, 6.45) is 0. The number of hydrogen-bond acceptors (Lipinski definition) is 3. The molecule has 1 aliphatic heterocycles. The Labute approximate surface area is 96.8 Å². The van der Waals surface area contributed by atoms with Gasteiger partial charge in [-0.2, -0.15) is 0 Å². The lowest BCUT2D eigenvalue weighted by Crippen LogP contribution is -2.28. The molecule has 1 heterocycles. The fourth-order valence-electron chi connectivity index (χ4n) is 2.02. The largest absolute Gasteiger partial charge is 0.491 e. The van der Waals surface area contributed by atoms with Crippen molar-refractivity contribution in [2.75, 3.05) is 26.9 Å². The molecular weight excluding hydrogens is 202 g/mol. The van der Waals surface area contributed by atoms with E-state index in [-0.39, 0.29) is 0 Å². The van der Waals surface area contributed by atoms with Crippen LogP contribution in [0.15, 0.2) is 24.3 Å². The van der Waals surface area contributed by atoms with E-state index in [1.165, 1.54) is 5.56 Å². The van der Waals surface area contributed by atoms with E-state index in [2.05, 4.69) is 24.4 Å². The lowest BCUT2D eigenvalue weighted by atomic mass is 10.1. The third-order valence-electron chi connectivity index (χ3n) is 2.86. The van der Waals surface area contributed by atoms with Crippen molar-refractivity contribution < 1.29 is 9.47 Å². The van der Waals surface area contributed by atoms with Crippen LogP contribution in [0.2, 0.25) is 0 Å². The molecule has 3 heteroatoms. The summed E-state index contributed by atoms with van der Waals surface area (Å²) in [6, 6.07) is 8.54. The molecule has 2 unspecified atom stereocenters. The molecule has 0 fully saturated rings. The molecule has 0 radical (unpaired) electrons. The average molecular weight is 221 g/mol. The molecule has 1 aliphatic rings. The molecule has 0 amide bonds. The van der Waals surface area contributed by atoms with Crippen LogP contribution in [0.1, 0.15) is 18.5 Å². The minimum atomic E-state index is 0.329. The maximum Gasteiger partial charge on any atom is 0.124 e. The summed E-state index contributed by atoms with van der Waals surface area (Å²) in [5, 5.41) is 3.52. The van der Waals surface area contributed by atoms with Crippen molar-refractivity contribution in [3.05, 3.63) is 29.8 Å². The van der Waals surface area contributed by atoms with Crippen molar-refractivity contribution in [1.29, 1.82) is 0 Å². The summed E-state index contributed by atoms with van der Waals surface area (Å²) < 4.78 is 10.7. The summed E-state index contributed by atoms with van der Waals surface area (Å²) >= 11 is 0. The van der Waals surface area contributed by atoms with E-state index in [1.807, 2.05) is 12.1 Å². The van der Waals surface area contributed by atoms with E-state index in [4.69, 9.17) is 9.47 Å². The topological polar surface area (TPSA) is 30.5 Å². The van der Waals surface area contributed by atoms with Gasteiger partial charge >= 0.3 is 0 Å². The van der Waals surface area contributed by atoms with E-state index in [1.54, 1.807) is 7.11 Å². The van der Waals surface area contributed by atoms with Gasteiger partial charge in [-0.1, -0.05) is 25.1 Å². The van der Waals surface area contributed by atoms with Gasteiger partial charge in [0.15, 0.2) is 0 Å². The van der Waals surface area contributed by atoms with Gasteiger partial charge in [0, 0.05) is 25.8 Å². The molecule has 16 heavy (non-hydrogen) atoms. The molecule has 0 saturated heterocycles. The fourth-order valence-corrected chi connectivity index (χ4v) is 2.02. The zero-order chi connectivity index (χ0) is 11.4. The summed E-state index contributed by atoms with van der Waals surface area (Å²) in [4.78, 5) is 0. The Hall–Kier alpha value is -1.06. The number of nitrogens with one attached hydrogen (secondary N) is 1. The third-order valence-corrected chi connectivity index (χ3v) is 2.86. The first-order valence-electron chi connectivity index (χ1n) is 5.75. The van der Waals surface area contributed by atoms with E-state index in [0.717, 1.165) is 25.5 Å². The third kappa shape index (κ3) is 2.54. The second kappa shape index (κ2) is 5.32. The smallest absolute Gasteiger partial charge is 0.124 e. The van der Waals surface area contributed by atoms with Gasteiger partial charge in [-0.3, -0.25) is 0 Å². The van der Waals surface area contributed by atoms with Crippen LogP contribution in [0.5, 0.6) is 5.75 Å². The van der Waals surface area contributed by atoms with Crippen molar-refractivity contribution in [2.24, 2.45) is 5.92 Å². The summed E-state index contributed by atoms with van der Waals surface area (Å²) in [5.74, 6) is 1.54. The second-order valence-corrected chi connectivity index (χ2v) is 4.37. The molecule has 88 valence electrons. The van der Waals surface area contributed by atoms with Crippen LogP contribution >= 0.6 is 0 Å². The van der Waals surface area contributed by atoms with Crippen molar-refractivity contribution in [1.82, 2.24) is 5.32 Å². The zero-order valence-electron chi connectivity index (χ0n) is 9.90. The fraction of sp³-hybridized carbons (Fsp3) is 0.538. The zero-order valence-corrected chi connectivity index (χ0v) is 9.90. The first-order chi connectivity index (χ1) is 7.81. The monoisotopic (exact) mass is 221 g/mol. The van der Waals surface area contributed by atoms with Gasteiger partial charge in [0.05, 0.1) is 6.04 Å².